The second-order valence-corrected chi connectivity index (χ2v) is 2.72. The molecular weight excluding hydrogens is 174 g/mol. The Balaban J connectivity index is 3.15. The van der Waals surface area contributed by atoms with Gasteiger partial charge < -0.3 is 0 Å². The molecule has 2 nitrogen and oxygen atoms in total. The van der Waals surface area contributed by atoms with Crippen molar-refractivity contribution in [1.82, 2.24) is 4.57 Å². The molecule has 0 radical (unpaired) electrons. The van der Waals surface area contributed by atoms with E-state index in [1.807, 2.05) is 25.1 Å². The maximum Gasteiger partial charge on any atom is 0.255 e. The largest absolute Gasteiger partial charge is 0.285 e. The van der Waals surface area contributed by atoms with Crippen LogP contribution in [0.5, 0.6) is 0 Å². The summed E-state index contributed by atoms with van der Waals surface area (Å²) in [5.74, 6) is 0. The normalized spacial score (nSPS) is 11.9. The summed E-state index contributed by atoms with van der Waals surface area (Å²) >= 11 is 0. The SMILES string of the molecule is C=C/C=C\C(=C/C)n1ccccc1=O. The van der Waals surface area contributed by atoms with Crippen molar-refractivity contribution in [3.05, 3.63) is 65.6 Å². The summed E-state index contributed by atoms with van der Waals surface area (Å²) in [5, 5.41) is 0. The third-order valence-corrected chi connectivity index (χ3v) is 1.80. The molecule has 0 N–H and O–H groups in total. The van der Waals surface area contributed by atoms with E-state index in [-0.39, 0.29) is 5.56 Å². The molecule has 0 aromatic carbocycles. The number of aromatic nitrogens is 1. The van der Waals surface area contributed by atoms with Gasteiger partial charge in [-0.2, -0.15) is 0 Å². The Morgan fingerprint density at radius 3 is 2.86 bits per heavy atom. The van der Waals surface area contributed by atoms with Crippen molar-refractivity contribution in [2.24, 2.45) is 0 Å². The lowest BCUT2D eigenvalue weighted by molar-refractivity contribution is 1.02. The molecular formula is C12H13NO. The van der Waals surface area contributed by atoms with Crippen molar-refractivity contribution in [2.45, 2.75) is 6.92 Å². The molecule has 0 unspecified atom stereocenters. The van der Waals surface area contributed by atoms with Gasteiger partial charge in [-0.25, -0.2) is 0 Å². The van der Waals surface area contributed by atoms with Crippen LogP contribution < -0.4 is 5.56 Å². The Labute approximate surface area is 83.5 Å². The predicted molar refractivity (Wildman–Crippen MR) is 60.0 cm³/mol. The first-order valence-corrected chi connectivity index (χ1v) is 4.43. The second kappa shape index (κ2) is 5.02. The molecule has 1 heterocycles. The zero-order valence-electron chi connectivity index (χ0n) is 8.18. The Morgan fingerprint density at radius 1 is 1.50 bits per heavy atom. The highest BCUT2D eigenvalue weighted by atomic mass is 16.1. The third-order valence-electron chi connectivity index (χ3n) is 1.80. The smallest absolute Gasteiger partial charge is 0.255 e. The van der Waals surface area contributed by atoms with Gasteiger partial charge >= 0.3 is 0 Å². The van der Waals surface area contributed by atoms with Gasteiger partial charge in [0.05, 0.1) is 0 Å². The van der Waals surface area contributed by atoms with Gasteiger partial charge in [-0.3, -0.25) is 9.36 Å². The summed E-state index contributed by atoms with van der Waals surface area (Å²) < 4.78 is 1.58. The first-order chi connectivity index (χ1) is 6.79. The molecule has 1 aromatic heterocycles. The highest BCUT2D eigenvalue weighted by Gasteiger charge is 1.95. The van der Waals surface area contributed by atoms with Crippen LogP contribution in [0.4, 0.5) is 0 Å². The fourth-order valence-electron chi connectivity index (χ4n) is 1.12. The summed E-state index contributed by atoms with van der Waals surface area (Å²) in [5.41, 5.74) is 0.810. The van der Waals surface area contributed by atoms with E-state index in [1.165, 1.54) is 6.07 Å². The quantitative estimate of drug-likeness (QED) is 0.666. The number of pyridine rings is 1. The van der Waals surface area contributed by atoms with E-state index in [0.29, 0.717) is 0 Å². The molecule has 0 amide bonds. The zero-order valence-corrected chi connectivity index (χ0v) is 8.18. The fraction of sp³-hybridized carbons (Fsp3) is 0.0833. The van der Waals surface area contributed by atoms with Gasteiger partial charge in [0, 0.05) is 18.0 Å². The summed E-state index contributed by atoms with van der Waals surface area (Å²) in [6.45, 7) is 5.47. The first-order valence-electron chi connectivity index (χ1n) is 4.43. The number of allylic oxidation sites excluding steroid dienone is 5. The summed E-state index contributed by atoms with van der Waals surface area (Å²) in [4.78, 5) is 11.4. The van der Waals surface area contributed by atoms with Crippen LogP contribution in [0.15, 0.2) is 60.1 Å². The molecule has 0 saturated heterocycles. The van der Waals surface area contributed by atoms with E-state index in [2.05, 4.69) is 6.58 Å². The van der Waals surface area contributed by atoms with E-state index in [0.717, 1.165) is 5.70 Å². The standard InChI is InChI=1S/C12H13NO/c1-3-5-8-11(4-2)13-10-7-6-9-12(13)14/h3-10H,1H2,2H3/b8-5-,11-4+. The van der Waals surface area contributed by atoms with Crippen molar-refractivity contribution >= 4 is 5.70 Å². The van der Waals surface area contributed by atoms with E-state index < -0.39 is 0 Å². The average Bonchev–Trinajstić information content (AvgIpc) is 2.21. The van der Waals surface area contributed by atoms with Crippen LogP contribution in [-0.2, 0) is 0 Å². The molecule has 0 aliphatic rings. The predicted octanol–water partition coefficient (Wildman–Crippen LogP) is 2.45. The number of hydrogen-bond acceptors (Lipinski definition) is 1. The molecule has 0 saturated carbocycles. The summed E-state index contributed by atoms with van der Waals surface area (Å²) in [7, 11) is 0. The molecule has 0 spiro atoms. The van der Waals surface area contributed by atoms with Crippen LogP contribution in [0.2, 0.25) is 0 Å². The molecule has 72 valence electrons. The van der Waals surface area contributed by atoms with Gasteiger partial charge in [0.25, 0.3) is 5.56 Å². The third kappa shape index (κ3) is 2.33. The lowest BCUT2D eigenvalue weighted by Gasteiger charge is -2.04. The Bertz CT molecular complexity index is 424. The Hall–Kier alpha value is -1.83. The second-order valence-electron chi connectivity index (χ2n) is 2.72. The molecule has 14 heavy (non-hydrogen) atoms. The van der Waals surface area contributed by atoms with E-state index >= 15 is 0 Å². The lowest BCUT2D eigenvalue weighted by atomic mass is 10.3. The van der Waals surface area contributed by atoms with Crippen LogP contribution in [0, 0.1) is 0 Å². The van der Waals surface area contributed by atoms with Crippen LogP contribution in [0.3, 0.4) is 0 Å². The van der Waals surface area contributed by atoms with Crippen LogP contribution in [0.25, 0.3) is 5.70 Å². The molecule has 0 atom stereocenters. The van der Waals surface area contributed by atoms with Crippen molar-refractivity contribution in [3.8, 4) is 0 Å². The maximum absolute atomic E-state index is 11.4. The van der Waals surface area contributed by atoms with E-state index in [9.17, 15) is 4.79 Å². The Kier molecular flexibility index (Phi) is 3.68. The van der Waals surface area contributed by atoms with E-state index in [4.69, 9.17) is 0 Å². The zero-order chi connectivity index (χ0) is 10.4. The van der Waals surface area contributed by atoms with Gasteiger partial charge in [-0.05, 0) is 19.1 Å². The van der Waals surface area contributed by atoms with Gasteiger partial charge in [-0.1, -0.05) is 30.9 Å². The summed E-state index contributed by atoms with van der Waals surface area (Å²) in [6, 6.07) is 5.08. The average molecular weight is 187 g/mol. The van der Waals surface area contributed by atoms with Crippen LogP contribution in [0.1, 0.15) is 6.92 Å². The number of nitrogens with zero attached hydrogens (tertiary/aromatic N) is 1. The Morgan fingerprint density at radius 2 is 2.29 bits per heavy atom. The minimum absolute atomic E-state index is 0.0330. The molecule has 0 bridgehead atoms. The maximum atomic E-state index is 11.4. The van der Waals surface area contributed by atoms with Crippen molar-refractivity contribution in [1.29, 1.82) is 0 Å². The molecule has 2 heteroatoms. The van der Waals surface area contributed by atoms with Gasteiger partial charge in [0.2, 0.25) is 0 Å². The number of hydrogen-bond donors (Lipinski definition) is 0. The molecule has 1 rings (SSSR count). The van der Waals surface area contributed by atoms with Crippen LogP contribution in [-0.4, -0.2) is 4.57 Å². The molecule has 0 aliphatic heterocycles. The van der Waals surface area contributed by atoms with Crippen LogP contribution >= 0.6 is 0 Å². The van der Waals surface area contributed by atoms with Gasteiger partial charge in [0.1, 0.15) is 0 Å². The number of rotatable bonds is 3. The van der Waals surface area contributed by atoms with Crippen molar-refractivity contribution < 1.29 is 0 Å². The van der Waals surface area contributed by atoms with E-state index in [1.54, 1.807) is 29.0 Å². The van der Waals surface area contributed by atoms with Crippen molar-refractivity contribution in [2.75, 3.05) is 0 Å². The fourth-order valence-corrected chi connectivity index (χ4v) is 1.12. The minimum Gasteiger partial charge on any atom is -0.285 e. The van der Waals surface area contributed by atoms with Crippen molar-refractivity contribution in [3.63, 3.8) is 0 Å². The monoisotopic (exact) mass is 187 g/mol. The van der Waals surface area contributed by atoms with Gasteiger partial charge in [0.15, 0.2) is 0 Å². The van der Waals surface area contributed by atoms with Gasteiger partial charge in [-0.15, -0.1) is 0 Å². The summed E-state index contributed by atoms with van der Waals surface area (Å²) in [6.07, 6.45) is 8.94. The topological polar surface area (TPSA) is 22.0 Å². The molecule has 0 aliphatic carbocycles. The molecule has 0 fully saturated rings. The molecule has 1 aromatic rings. The highest BCUT2D eigenvalue weighted by molar-refractivity contribution is 5.57. The first kappa shape index (κ1) is 10.3. The highest BCUT2D eigenvalue weighted by Crippen LogP contribution is 2.02. The minimum atomic E-state index is -0.0330. The lowest BCUT2D eigenvalue weighted by Crippen LogP contribution is -2.15.